The maximum absolute atomic E-state index is 3.55. The van der Waals surface area contributed by atoms with Gasteiger partial charge in [0.2, 0.25) is 0 Å². The van der Waals surface area contributed by atoms with Crippen LogP contribution >= 0.6 is 27.3 Å². The molecule has 0 saturated heterocycles. The Balaban J connectivity index is 1.31. The summed E-state index contributed by atoms with van der Waals surface area (Å²) in [5, 5.41) is 5.19. The molecule has 39 heavy (non-hydrogen) atoms. The van der Waals surface area contributed by atoms with E-state index in [1.807, 2.05) is 11.3 Å². The van der Waals surface area contributed by atoms with Gasteiger partial charge in [0.15, 0.2) is 0 Å². The van der Waals surface area contributed by atoms with E-state index < -0.39 is 0 Å². The fourth-order valence-corrected chi connectivity index (χ4v) is 7.16. The molecule has 2 heterocycles. The van der Waals surface area contributed by atoms with Crippen molar-refractivity contribution < 1.29 is 0 Å². The third-order valence-electron chi connectivity index (χ3n) is 7.66. The summed E-state index contributed by atoms with van der Waals surface area (Å²) in [4.78, 5) is 0. The van der Waals surface area contributed by atoms with Crippen molar-refractivity contribution in [3.05, 3.63) is 138 Å². The molecule has 0 atom stereocenters. The van der Waals surface area contributed by atoms with Crippen LogP contribution in [0.1, 0.15) is 0 Å². The molecule has 0 fully saturated rings. The van der Waals surface area contributed by atoms with Gasteiger partial charge in [-0.25, -0.2) is 0 Å². The summed E-state index contributed by atoms with van der Waals surface area (Å²) in [6, 6.07) is 48.6. The molecule has 8 rings (SSSR count). The second kappa shape index (κ2) is 8.94. The lowest BCUT2D eigenvalue weighted by Gasteiger charge is -2.10. The quantitative estimate of drug-likeness (QED) is 0.196. The summed E-state index contributed by atoms with van der Waals surface area (Å²) in [5.74, 6) is 0. The fraction of sp³-hybridized carbons (Fsp3) is 0. The summed E-state index contributed by atoms with van der Waals surface area (Å²) < 4.78 is 6.17. The molecule has 0 saturated carbocycles. The number of fused-ring (bicyclic) bond motifs is 6. The van der Waals surface area contributed by atoms with Gasteiger partial charge in [0.1, 0.15) is 0 Å². The lowest BCUT2D eigenvalue weighted by atomic mass is 9.98. The molecule has 0 aliphatic carbocycles. The molecule has 0 aliphatic heterocycles. The van der Waals surface area contributed by atoms with Crippen LogP contribution in [0, 0.1) is 0 Å². The van der Waals surface area contributed by atoms with Crippen molar-refractivity contribution in [3.63, 3.8) is 0 Å². The highest BCUT2D eigenvalue weighted by molar-refractivity contribution is 9.10. The van der Waals surface area contributed by atoms with Crippen LogP contribution < -0.4 is 0 Å². The summed E-state index contributed by atoms with van der Waals surface area (Å²) >= 11 is 5.41. The van der Waals surface area contributed by atoms with E-state index in [4.69, 9.17) is 0 Å². The smallest absolute Gasteiger partial charge is 0.0541 e. The molecule has 0 spiro atoms. The minimum absolute atomic E-state index is 1.09. The molecule has 184 valence electrons. The highest BCUT2D eigenvalue weighted by atomic mass is 79.9. The maximum atomic E-state index is 3.55. The maximum Gasteiger partial charge on any atom is 0.0541 e. The number of hydrogen-bond acceptors (Lipinski definition) is 1. The fourth-order valence-electron chi connectivity index (χ4n) is 5.80. The Morgan fingerprint density at radius 1 is 0.436 bits per heavy atom. The molecule has 2 aromatic heterocycles. The van der Waals surface area contributed by atoms with Gasteiger partial charge in [0.25, 0.3) is 0 Å². The first-order valence-corrected chi connectivity index (χ1v) is 14.7. The second-order valence-electron chi connectivity index (χ2n) is 9.95. The highest BCUT2D eigenvalue weighted by Crippen LogP contribution is 2.39. The molecule has 6 aromatic carbocycles. The molecule has 1 nitrogen and oxygen atoms in total. The van der Waals surface area contributed by atoms with Gasteiger partial charge >= 0.3 is 0 Å². The predicted molar refractivity (Wildman–Crippen MR) is 172 cm³/mol. The van der Waals surface area contributed by atoms with E-state index in [-0.39, 0.29) is 0 Å². The van der Waals surface area contributed by atoms with Gasteiger partial charge in [0.05, 0.1) is 11.0 Å². The first-order chi connectivity index (χ1) is 19.2. The first-order valence-electron chi connectivity index (χ1n) is 13.0. The summed E-state index contributed by atoms with van der Waals surface area (Å²) in [6.07, 6.45) is 0. The van der Waals surface area contributed by atoms with Gasteiger partial charge < -0.3 is 4.57 Å². The topological polar surface area (TPSA) is 4.93 Å². The van der Waals surface area contributed by atoms with Crippen LogP contribution in [-0.2, 0) is 0 Å². The van der Waals surface area contributed by atoms with Crippen LogP contribution in [0.15, 0.2) is 138 Å². The molecule has 8 aromatic rings. The molecule has 3 heteroatoms. The van der Waals surface area contributed by atoms with E-state index in [1.165, 1.54) is 69.9 Å². The van der Waals surface area contributed by atoms with E-state index in [1.54, 1.807) is 0 Å². The van der Waals surface area contributed by atoms with Gasteiger partial charge in [-0.2, -0.15) is 0 Å². The Hall–Kier alpha value is -4.18. The average molecular weight is 581 g/mol. The molecule has 0 amide bonds. The minimum atomic E-state index is 1.09. The number of aromatic nitrogens is 1. The van der Waals surface area contributed by atoms with Crippen LogP contribution in [0.3, 0.4) is 0 Å². The Kier molecular flexibility index (Phi) is 5.22. The van der Waals surface area contributed by atoms with Crippen molar-refractivity contribution >= 4 is 69.2 Å². The van der Waals surface area contributed by atoms with E-state index in [9.17, 15) is 0 Å². The minimum Gasteiger partial charge on any atom is -0.309 e. The molecule has 0 bridgehead atoms. The molecule has 0 aliphatic rings. The molecular formula is C36H22BrNS. The third-order valence-corrected chi connectivity index (χ3v) is 9.35. The van der Waals surface area contributed by atoms with Crippen molar-refractivity contribution in [1.29, 1.82) is 0 Å². The Bertz CT molecular complexity index is 2180. The predicted octanol–water partition coefficient (Wildman–Crippen LogP) is 11.2. The molecule has 0 N–H and O–H groups in total. The normalized spacial score (nSPS) is 11.7. The van der Waals surface area contributed by atoms with Crippen molar-refractivity contribution in [3.8, 4) is 27.9 Å². The number of hydrogen-bond donors (Lipinski definition) is 0. The van der Waals surface area contributed by atoms with Crippen LogP contribution in [-0.4, -0.2) is 4.57 Å². The number of halogens is 1. The largest absolute Gasteiger partial charge is 0.309 e. The number of benzene rings is 6. The van der Waals surface area contributed by atoms with E-state index in [0.29, 0.717) is 0 Å². The monoisotopic (exact) mass is 579 g/mol. The van der Waals surface area contributed by atoms with Crippen molar-refractivity contribution in [2.45, 2.75) is 0 Å². The summed E-state index contributed by atoms with van der Waals surface area (Å²) in [7, 11) is 0. The Morgan fingerprint density at radius 3 is 1.97 bits per heavy atom. The van der Waals surface area contributed by atoms with Gasteiger partial charge in [0, 0.05) is 41.1 Å². The lowest BCUT2D eigenvalue weighted by molar-refractivity contribution is 1.19. The zero-order valence-corrected chi connectivity index (χ0v) is 23.3. The summed E-state index contributed by atoms with van der Waals surface area (Å²) in [6.45, 7) is 0. The van der Waals surface area contributed by atoms with Crippen LogP contribution in [0.4, 0.5) is 0 Å². The summed E-state index contributed by atoms with van der Waals surface area (Å²) in [5.41, 5.74) is 8.54. The van der Waals surface area contributed by atoms with E-state index >= 15 is 0 Å². The van der Waals surface area contributed by atoms with Gasteiger partial charge in [-0.3, -0.25) is 0 Å². The number of para-hydroxylation sites is 1. The van der Waals surface area contributed by atoms with Crippen molar-refractivity contribution in [1.82, 2.24) is 4.57 Å². The highest BCUT2D eigenvalue weighted by Gasteiger charge is 2.15. The SMILES string of the molecule is Brc1ccc(-c2cccc(-c3ccc4c(c3)c3ccccc3n4-c3ccc4sc5ccccc5c4c3)c2)cc1. The zero-order valence-electron chi connectivity index (χ0n) is 20.9. The zero-order chi connectivity index (χ0) is 25.9. The molecular weight excluding hydrogens is 558 g/mol. The van der Waals surface area contributed by atoms with Gasteiger partial charge in [-0.1, -0.05) is 88.7 Å². The van der Waals surface area contributed by atoms with Gasteiger partial charge in [-0.05, 0) is 82.9 Å². The van der Waals surface area contributed by atoms with Crippen LogP contribution in [0.2, 0.25) is 0 Å². The Labute approximate surface area is 238 Å². The van der Waals surface area contributed by atoms with Crippen molar-refractivity contribution in [2.75, 3.05) is 0 Å². The van der Waals surface area contributed by atoms with E-state index in [0.717, 1.165) is 4.47 Å². The first kappa shape index (κ1) is 22.8. The van der Waals surface area contributed by atoms with Gasteiger partial charge in [-0.15, -0.1) is 11.3 Å². The molecule has 0 radical (unpaired) electrons. The van der Waals surface area contributed by atoms with Crippen molar-refractivity contribution in [2.24, 2.45) is 0 Å². The number of nitrogens with zero attached hydrogens (tertiary/aromatic N) is 1. The third kappa shape index (κ3) is 3.73. The lowest BCUT2D eigenvalue weighted by Crippen LogP contribution is -1.93. The van der Waals surface area contributed by atoms with Crippen LogP contribution in [0.5, 0.6) is 0 Å². The standard InChI is InChI=1S/C36H22BrNS/c37-27-15-12-23(13-16-27)24-6-5-7-25(20-24)26-14-18-34-31(21-26)29-8-1-3-10-33(29)38(34)28-17-19-36-32(22-28)30-9-2-4-11-35(30)39-36/h1-22H. The van der Waals surface area contributed by atoms with Crippen LogP contribution in [0.25, 0.3) is 69.9 Å². The number of rotatable bonds is 3. The Morgan fingerprint density at radius 2 is 1.10 bits per heavy atom. The number of thiophene rings is 1. The molecule has 0 unspecified atom stereocenters. The second-order valence-corrected chi connectivity index (χ2v) is 12.0. The van der Waals surface area contributed by atoms with E-state index in [2.05, 4.69) is 154 Å². The average Bonchev–Trinajstić information content (AvgIpc) is 3.52.